The van der Waals surface area contributed by atoms with Crippen LogP contribution in [0.5, 0.6) is 0 Å². The van der Waals surface area contributed by atoms with Gasteiger partial charge in [-0.2, -0.15) is 0 Å². The van der Waals surface area contributed by atoms with Gasteiger partial charge in [-0.1, -0.05) is 18.2 Å². The quantitative estimate of drug-likeness (QED) is 0.773. The molecule has 0 aliphatic rings. The number of rotatable bonds is 5. The normalized spacial score (nSPS) is 12.3. The van der Waals surface area contributed by atoms with E-state index in [1.54, 1.807) is 5.38 Å². The number of nitrogens with one attached hydrogen (secondary N) is 1. The highest BCUT2D eigenvalue weighted by molar-refractivity contribution is 7.17. The number of fused-ring (bicyclic) bond motifs is 1. The van der Waals surface area contributed by atoms with Gasteiger partial charge in [-0.25, -0.2) is 4.79 Å². The van der Waals surface area contributed by atoms with Crippen LogP contribution >= 0.6 is 11.3 Å². The molecule has 0 radical (unpaired) electrons. The van der Waals surface area contributed by atoms with Crippen LogP contribution in [0.1, 0.15) is 16.8 Å². The summed E-state index contributed by atoms with van der Waals surface area (Å²) >= 11 is 1.43. The van der Waals surface area contributed by atoms with Gasteiger partial charge in [-0.15, -0.1) is 11.3 Å². The summed E-state index contributed by atoms with van der Waals surface area (Å²) in [7, 11) is 0. The highest BCUT2D eigenvalue weighted by atomic mass is 32.1. The Bertz CT molecular complexity index is 607. The SMILES string of the molecule is O=C(NC(CCO)C(=O)O)c1csc2ccccc12. The van der Waals surface area contributed by atoms with E-state index >= 15 is 0 Å². The molecule has 0 aliphatic heterocycles. The van der Waals surface area contributed by atoms with Gasteiger partial charge >= 0.3 is 5.97 Å². The maximum absolute atomic E-state index is 12.1. The molecule has 1 aromatic heterocycles. The lowest BCUT2D eigenvalue weighted by atomic mass is 10.1. The molecule has 1 heterocycles. The summed E-state index contributed by atoms with van der Waals surface area (Å²) in [6.45, 7) is -0.290. The fourth-order valence-electron chi connectivity index (χ4n) is 1.78. The summed E-state index contributed by atoms with van der Waals surface area (Å²) in [5, 5.41) is 22.7. The molecule has 1 unspecified atom stereocenters. The molecule has 1 aromatic carbocycles. The van der Waals surface area contributed by atoms with Gasteiger partial charge in [-0.05, 0) is 6.07 Å². The number of carboxylic acid groups (broad SMARTS) is 1. The van der Waals surface area contributed by atoms with Crippen molar-refractivity contribution in [2.45, 2.75) is 12.5 Å². The van der Waals surface area contributed by atoms with Crippen molar-refractivity contribution in [3.8, 4) is 0 Å². The number of hydrogen-bond acceptors (Lipinski definition) is 4. The molecule has 2 aromatic rings. The number of carbonyl (C=O) groups excluding carboxylic acids is 1. The van der Waals surface area contributed by atoms with E-state index < -0.39 is 17.9 Å². The van der Waals surface area contributed by atoms with Crippen molar-refractivity contribution in [3.63, 3.8) is 0 Å². The van der Waals surface area contributed by atoms with Crippen molar-refractivity contribution in [2.24, 2.45) is 0 Å². The first-order chi connectivity index (χ1) is 9.13. The van der Waals surface area contributed by atoms with Crippen LogP contribution in [0.25, 0.3) is 10.1 Å². The molecule has 0 aliphatic carbocycles. The number of aliphatic hydroxyl groups excluding tert-OH is 1. The number of carboxylic acids is 1. The third-order valence-corrected chi connectivity index (χ3v) is 3.71. The Morgan fingerprint density at radius 2 is 2.05 bits per heavy atom. The van der Waals surface area contributed by atoms with E-state index in [0.717, 1.165) is 10.1 Å². The Morgan fingerprint density at radius 1 is 1.32 bits per heavy atom. The van der Waals surface area contributed by atoms with Crippen LogP contribution in [0.2, 0.25) is 0 Å². The summed E-state index contributed by atoms with van der Waals surface area (Å²) in [5.74, 6) is -1.58. The number of carbonyl (C=O) groups is 2. The summed E-state index contributed by atoms with van der Waals surface area (Å²) in [5.41, 5.74) is 0.463. The number of amides is 1. The molecule has 1 atom stereocenters. The molecule has 0 bridgehead atoms. The first-order valence-electron chi connectivity index (χ1n) is 5.74. The summed E-state index contributed by atoms with van der Waals surface area (Å²) in [6, 6.07) is 6.36. The van der Waals surface area contributed by atoms with Crippen LogP contribution in [0.15, 0.2) is 29.6 Å². The second-order valence-corrected chi connectivity index (χ2v) is 4.93. The molecule has 0 saturated carbocycles. The second-order valence-electron chi connectivity index (χ2n) is 4.02. The summed E-state index contributed by atoms with van der Waals surface area (Å²) in [6.07, 6.45) is -0.0108. The van der Waals surface area contributed by atoms with Gasteiger partial charge in [0.25, 0.3) is 5.91 Å². The van der Waals surface area contributed by atoms with Gasteiger partial charge in [0.15, 0.2) is 0 Å². The molecule has 0 fully saturated rings. The largest absolute Gasteiger partial charge is 0.480 e. The fraction of sp³-hybridized carbons (Fsp3) is 0.231. The zero-order valence-corrected chi connectivity index (χ0v) is 10.8. The van der Waals surface area contributed by atoms with Crippen molar-refractivity contribution >= 4 is 33.3 Å². The summed E-state index contributed by atoms with van der Waals surface area (Å²) in [4.78, 5) is 23.0. The summed E-state index contributed by atoms with van der Waals surface area (Å²) < 4.78 is 0.974. The zero-order chi connectivity index (χ0) is 13.8. The standard InChI is InChI=1S/C13H13NO4S/c15-6-5-10(13(17)18)14-12(16)9-7-19-11-4-2-1-3-8(9)11/h1-4,7,10,15H,5-6H2,(H,14,16)(H,17,18). The van der Waals surface area contributed by atoms with Crippen molar-refractivity contribution in [1.82, 2.24) is 5.32 Å². The molecule has 100 valence electrons. The lowest BCUT2D eigenvalue weighted by molar-refractivity contribution is -0.139. The molecule has 5 nitrogen and oxygen atoms in total. The number of benzene rings is 1. The molecule has 2 rings (SSSR count). The Labute approximate surface area is 113 Å². The topological polar surface area (TPSA) is 86.6 Å². The molecule has 19 heavy (non-hydrogen) atoms. The number of thiophene rings is 1. The average Bonchev–Trinajstić information content (AvgIpc) is 2.81. The van der Waals surface area contributed by atoms with E-state index in [4.69, 9.17) is 10.2 Å². The Balaban J connectivity index is 2.22. The number of aliphatic hydroxyl groups is 1. The Hall–Kier alpha value is -1.92. The van der Waals surface area contributed by atoms with Gasteiger partial charge in [0, 0.05) is 28.5 Å². The fourth-order valence-corrected chi connectivity index (χ4v) is 2.72. The second kappa shape index (κ2) is 5.81. The number of hydrogen-bond donors (Lipinski definition) is 3. The Morgan fingerprint density at radius 3 is 2.74 bits per heavy atom. The number of aliphatic carboxylic acids is 1. The minimum atomic E-state index is -1.15. The molecule has 0 saturated heterocycles. The van der Waals surface area contributed by atoms with E-state index in [2.05, 4.69) is 5.32 Å². The molecule has 0 spiro atoms. The maximum atomic E-state index is 12.1. The third-order valence-electron chi connectivity index (χ3n) is 2.75. The lowest BCUT2D eigenvalue weighted by Crippen LogP contribution is -2.41. The third kappa shape index (κ3) is 2.91. The van der Waals surface area contributed by atoms with Crippen molar-refractivity contribution in [1.29, 1.82) is 0 Å². The van der Waals surface area contributed by atoms with E-state index in [9.17, 15) is 9.59 Å². The van der Waals surface area contributed by atoms with E-state index in [1.807, 2.05) is 24.3 Å². The molecule has 3 N–H and O–H groups in total. The van der Waals surface area contributed by atoms with Crippen LogP contribution in [-0.2, 0) is 4.79 Å². The van der Waals surface area contributed by atoms with E-state index in [1.165, 1.54) is 11.3 Å². The smallest absolute Gasteiger partial charge is 0.326 e. The predicted molar refractivity (Wildman–Crippen MR) is 72.4 cm³/mol. The van der Waals surface area contributed by atoms with Gasteiger partial charge in [0.2, 0.25) is 0 Å². The van der Waals surface area contributed by atoms with E-state index in [0.29, 0.717) is 5.56 Å². The van der Waals surface area contributed by atoms with Crippen LogP contribution in [0.3, 0.4) is 0 Å². The monoisotopic (exact) mass is 279 g/mol. The first kappa shape index (κ1) is 13.5. The molecular weight excluding hydrogens is 266 g/mol. The van der Waals surface area contributed by atoms with Crippen LogP contribution in [0.4, 0.5) is 0 Å². The van der Waals surface area contributed by atoms with Gasteiger partial charge in [0.1, 0.15) is 6.04 Å². The Kier molecular flexibility index (Phi) is 4.13. The zero-order valence-electron chi connectivity index (χ0n) is 10.00. The minimum absolute atomic E-state index is 0.0108. The minimum Gasteiger partial charge on any atom is -0.480 e. The first-order valence-corrected chi connectivity index (χ1v) is 6.62. The van der Waals surface area contributed by atoms with Gasteiger partial charge in [-0.3, -0.25) is 4.79 Å². The van der Waals surface area contributed by atoms with Crippen molar-refractivity contribution in [3.05, 3.63) is 35.2 Å². The van der Waals surface area contributed by atoms with E-state index in [-0.39, 0.29) is 13.0 Å². The highest BCUT2D eigenvalue weighted by Crippen LogP contribution is 2.25. The van der Waals surface area contributed by atoms with Crippen LogP contribution in [-0.4, -0.2) is 34.7 Å². The van der Waals surface area contributed by atoms with Crippen LogP contribution < -0.4 is 5.32 Å². The van der Waals surface area contributed by atoms with Gasteiger partial charge in [0.05, 0.1) is 5.56 Å². The molecular formula is C13H13NO4S. The van der Waals surface area contributed by atoms with Crippen molar-refractivity contribution < 1.29 is 19.8 Å². The average molecular weight is 279 g/mol. The highest BCUT2D eigenvalue weighted by Gasteiger charge is 2.21. The predicted octanol–water partition coefficient (Wildman–Crippen LogP) is 1.47. The molecule has 1 amide bonds. The lowest BCUT2D eigenvalue weighted by Gasteiger charge is -2.12. The van der Waals surface area contributed by atoms with Gasteiger partial charge < -0.3 is 15.5 Å². The van der Waals surface area contributed by atoms with Crippen LogP contribution in [0, 0.1) is 0 Å². The van der Waals surface area contributed by atoms with Crippen molar-refractivity contribution in [2.75, 3.05) is 6.61 Å². The maximum Gasteiger partial charge on any atom is 0.326 e. The molecule has 6 heteroatoms.